The average Bonchev–Trinajstić information content (AvgIpc) is 2.80. The van der Waals surface area contributed by atoms with E-state index in [0.717, 1.165) is 16.7 Å². The lowest BCUT2D eigenvalue weighted by atomic mass is 10.1. The van der Waals surface area contributed by atoms with Gasteiger partial charge in [-0.15, -0.1) is 0 Å². The molecule has 21 heavy (non-hydrogen) atoms. The SMILES string of the molecule is Cc1ccc(C=CC(=O)N2C[C@@H](O)C[C@H]2C(=O)O)c(C)c1. The first kappa shape index (κ1) is 15.3. The van der Waals surface area contributed by atoms with Crippen LogP contribution >= 0.6 is 0 Å². The van der Waals surface area contributed by atoms with Gasteiger partial charge >= 0.3 is 5.97 Å². The molecule has 1 aliphatic rings. The smallest absolute Gasteiger partial charge is 0.326 e. The Morgan fingerprint density at radius 3 is 2.67 bits per heavy atom. The highest BCUT2D eigenvalue weighted by Crippen LogP contribution is 2.19. The number of carbonyl (C=O) groups is 2. The summed E-state index contributed by atoms with van der Waals surface area (Å²) in [6.07, 6.45) is 2.36. The van der Waals surface area contributed by atoms with Crippen molar-refractivity contribution < 1.29 is 19.8 Å². The number of nitrogens with zero attached hydrogens (tertiary/aromatic N) is 1. The van der Waals surface area contributed by atoms with Gasteiger partial charge in [0.05, 0.1) is 6.10 Å². The van der Waals surface area contributed by atoms with E-state index >= 15 is 0 Å². The third-order valence-corrected chi connectivity index (χ3v) is 3.68. The van der Waals surface area contributed by atoms with Crippen LogP contribution in [0.4, 0.5) is 0 Å². The summed E-state index contributed by atoms with van der Waals surface area (Å²) in [6.45, 7) is 4.01. The lowest BCUT2D eigenvalue weighted by molar-refractivity contribution is -0.146. The zero-order valence-electron chi connectivity index (χ0n) is 12.1. The largest absolute Gasteiger partial charge is 0.480 e. The Labute approximate surface area is 123 Å². The van der Waals surface area contributed by atoms with Gasteiger partial charge in [-0.2, -0.15) is 0 Å². The lowest BCUT2D eigenvalue weighted by Crippen LogP contribution is -2.39. The van der Waals surface area contributed by atoms with Gasteiger partial charge in [-0.25, -0.2) is 4.79 Å². The molecule has 0 unspecified atom stereocenters. The minimum atomic E-state index is -1.08. The summed E-state index contributed by atoms with van der Waals surface area (Å²) >= 11 is 0. The van der Waals surface area contributed by atoms with Crippen LogP contribution in [0, 0.1) is 13.8 Å². The minimum absolute atomic E-state index is 0.0625. The maximum atomic E-state index is 12.1. The molecule has 1 aliphatic heterocycles. The standard InChI is InChI=1S/C16H19NO4/c1-10-3-4-12(11(2)7-10)5-6-15(19)17-9-13(18)8-14(17)16(20)21/h3-7,13-14,18H,8-9H2,1-2H3,(H,20,21)/t13-,14-/m0/s1. The number of amides is 1. The topological polar surface area (TPSA) is 77.8 Å². The molecule has 0 aromatic heterocycles. The molecule has 1 fully saturated rings. The van der Waals surface area contributed by atoms with Crippen LogP contribution in [-0.2, 0) is 9.59 Å². The minimum Gasteiger partial charge on any atom is -0.480 e. The average molecular weight is 289 g/mol. The van der Waals surface area contributed by atoms with Crippen molar-refractivity contribution in [1.82, 2.24) is 4.90 Å². The first-order valence-electron chi connectivity index (χ1n) is 6.85. The summed E-state index contributed by atoms with van der Waals surface area (Å²) in [5.74, 6) is -1.47. The summed E-state index contributed by atoms with van der Waals surface area (Å²) < 4.78 is 0. The van der Waals surface area contributed by atoms with E-state index in [1.165, 1.54) is 11.0 Å². The number of aryl methyl sites for hydroxylation is 2. The normalized spacial score (nSPS) is 22.0. The van der Waals surface area contributed by atoms with Gasteiger partial charge in [-0.05, 0) is 31.1 Å². The van der Waals surface area contributed by atoms with Crippen molar-refractivity contribution in [2.45, 2.75) is 32.4 Å². The maximum Gasteiger partial charge on any atom is 0.326 e. The number of rotatable bonds is 3. The monoisotopic (exact) mass is 289 g/mol. The highest BCUT2D eigenvalue weighted by atomic mass is 16.4. The molecule has 0 spiro atoms. The van der Waals surface area contributed by atoms with E-state index in [1.807, 2.05) is 32.0 Å². The molecule has 5 nitrogen and oxygen atoms in total. The van der Waals surface area contributed by atoms with Crippen molar-refractivity contribution in [1.29, 1.82) is 0 Å². The molecule has 0 saturated carbocycles. The van der Waals surface area contributed by atoms with Crippen LogP contribution in [0.25, 0.3) is 6.08 Å². The van der Waals surface area contributed by atoms with Crippen LogP contribution in [-0.4, -0.2) is 45.7 Å². The molecule has 0 radical (unpaired) electrons. The molecule has 0 aliphatic carbocycles. The molecule has 0 bridgehead atoms. The number of hydrogen-bond donors (Lipinski definition) is 2. The van der Waals surface area contributed by atoms with Crippen molar-refractivity contribution in [2.75, 3.05) is 6.54 Å². The zero-order valence-corrected chi connectivity index (χ0v) is 12.1. The second-order valence-corrected chi connectivity index (χ2v) is 5.43. The van der Waals surface area contributed by atoms with Crippen molar-refractivity contribution in [3.63, 3.8) is 0 Å². The van der Waals surface area contributed by atoms with E-state index in [0.29, 0.717) is 0 Å². The van der Waals surface area contributed by atoms with E-state index in [2.05, 4.69) is 0 Å². The predicted octanol–water partition coefficient (Wildman–Crippen LogP) is 1.36. The molecule has 5 heteroatoms. The highest BCUT2D eigenvalue weighted by Gasteiger charge is 2.37. The van der Waals surface area contributed by atoms with Crippen LogP contribution in [0.3, 0.4) is 0 Å². The quantitative estimate of drug-likeness (QED) is 0.824. The van der Waals surface area contributed by atoms with Gasteiger partial charge < -0.3 is 15.1 Å². The van der Waals surface area contributed by atoms with E-state index in [-0.39, 0.29) is 18.9 Å². The number of carboxylic acid groups (broad SMARTS) is 1. The number of aliphatic hydroxyl groups excluding tert-OH is 1. The summed E-state index contributed by atoms with van der Waals surface area (Å²) in [4.78, 5) is 24.4. The summed E-state index contributed by atoms with van der Waals surface area (Å²) in [6, 6.07) is 4.94. The molecule has 1 saturated heterocycles. The second-order valence-electron chi connectivity index (χ2n) is 5.43. The molecule has 1 heterocycles. The highest BCUT2D eigenvalue weighted by molar-refractivity contribution is 5.95. The van der Waals surface area contributed by atoms with Crippen LogP contribution in [0.5, 0.6) is 0 Å². The number of hydrogen-bond acceptors (Lipinski definition) is 3. The van der Waals surface area contributed by atoms with Crippen molar-refractivity contribution in [2.24, 2.45) is 0 Å². The van der Waals surface area contributed by atoms with Crippen LogP contribution in [0.2, 0.25) is 0 Å². The van der Waals surface area contributed by atoms with E-state index in [1.54, 1.807) is 6.08 Å². The van der Waals surface area contributed by atoms with Gasteiger partial charge in [0.15, 0.2) is 0 Å². The first-order chi connectivity index (χ1) is 9.88. The maximum absolute atomic E-state index is 12.1. The van der Waals surface area contributed by atoms with Crippen molar-refractivity contribution in [3.8, 4) is 0 Å². The fourth-order valence-electron chi connectivity index (χ4n) is 2.56. The van der Waals surface area contributed by atoms with E-state index in [4.69, 9.17) is 5.11 Å². The Kier molecular flexibility index (Phi) is 4.43. The van der Waals surface area contributed by atoms with Crippen molar-refractivity contribution in [3.05, 3.63) is 41.0 Å². The lowest BCUT2D eigenvalue weighted by Gasteiger charge is -2.19. The summed E-state index contributed by atoms with van der Waals surface area (Å²) in [7, 11) is 0. The molecule has 2 rings (SSSR count). The number of carbonyl (C=O) groups excluding carboxylic acids is 1. The van der Waals surface area contributed by atoms with Crippen LogP contribution in [0.15, 0.2) is 24.3 Å². The fourth-order valence-corrected chi connectivity index (χ4v) is 2.56. The molecule has 112 valence electrons. The first-order valence-corrected chi connectivity index (χ1v) is 6.85. The number of benzene rings is 1. The molecule has 1 amide bonds. The van der Waals surface area contributed by atoms with Gasteiger partial charge in [0, 0.05) is 19.0 Å². The van der Waals surface area contributed by atoms with Gasteiger partial charge in [0.2, 0.25) is 5.91 Å². The van der Waals surface area contributed by atoms with Gasteiger partial charge in [0.1, 0.15) is 6.04 Å². The summed E-state index contributed by atoms with van der Waals surface area (Å²) in [5.41, 5.74) is 3.11. The van der Waals surface area contributed by atoms with Gasteiger partial charge in [-0.1, -0.05) is 23.8 Å². The number of β-amino-alcohol motifs (C(OH)–C–C–N with tert-alkyl or cyclic N) is 1. The predicted molar refractivity (Wildman–Crippen MR) is 78.7 cm³/mol. The number of aliphatic carboxylic acids is 1. The van der Waals surface area contributed by atoms with Gasteiger partial charge in [-0.3, -0.25) is 4.79 Å². The Bertz CT molecular complexity index is 594. The zero-order chi connectivity index (χ0) is 15.6. The fraction of sp³-hybridized carbons (Fsp3) is 0.375. The van der Waals surface area contributed by atoms with Crippen molar-refractivity contribution >= 4 is 18.0 Å². The van der Waals surface area contributed by atoms with Crippen LogP contribution < -0.4 is 0 Å². The summed E-state index contributed by atoms with van der Waals surface area (Å²) in [5, 5.41) is 18.6. The third-order valence-electron chi connectivity index (χ3n) is 3.68. The molecule has 1 aromatic carbocycles. The third kappa shape index (κ3) is 3.49. The molecule has 2 atom stereocenters. The number of aliphatic hydroxyl groups is 1. The second kappa shape index (κ2) is 6.10. The Balaban J connectivity index is 2.13. The van der Waals surface area contributed by atoms with Gasteiger partial charge in [0.25, 0.3) is 0 Å². The molecular formula is C16H19NO4. The van der Waals surface area contributed by atoms with Crippen LogP contribution in [0.1, 0.15) is 23.1 Å². The molecule has 1 aromatic rings. The Hall–Kier alpha value is -2.14. The number of carboxylic acids is 1. The molecule has 2 N–H and O–H groups in total. The number of likely N-dealkylation sites (tertiary alicyclic amines) is 1. The Morgan fingerprint density at radius 2 is 2.05 bits per heavy atom. The Morgan fingerprint density at radius 1 is 1.33 bits per heavy atom. The molecular weight excluding hydrogens is 270 g/mol. The van der Waals surface area contributed by atoms with E-state index in [9.17, 15) is 14.7 Å². The van der Waals surface area contributed by atoms with E-state index < -0.39 is 18.1 Å².